The molecule has 1 atom stereocenters. The zero-order valence-corrected chi connectivity index (χ0v) is 22.4. The maximum atomic E-state index is 13.3. The Morgan fingerprint density at radius 2 is 1.72 bits per heavy atom. The van der Waals surface area contributed by atoms with E-state index in [4.69, 9.17) is 4.74 Å². The summed E-state index contributed by atoms with van der Waals surface area (Å²) in [5.41, 5.74) is 3.59. The van der Waals surface area contributed by atoms with Crippen LogP contribution in [-0.2, 0) is 11.2 Å². The van der Waals surface area contributed by atoms with Gasteiger partial charge in [0.1, 0.15) is 17.0 Å². The van der Waals surface area contributed by atoms with Crippen molar-refractivity contribution >= 4 is 23.4 Å². The zero-order valence-electron chi connectivity index (χ0n) is 22.4. The van der Waals surface area contributed by atoms with Crippen LogP contribution >= 0.6 is 0 Å². The van der Waals surface area contributed by atoms with Gasteiger partial charge >= 0.3 is 6.09 Å². The van der Waals surface area contributed by atoms with E-state index in [9.17, 15) is 18.8 Å². The van der Waals surface area contributed by atoms with Crippen LogP contribution in [0.1, 0.15) is 60.2 Å². The Labute approximate surface area is 226 Å². The molecule has 2 amide bonds. The maximum Gasteiger partial charge on any atom is 0.410 e. The third-order valence-corrected chi connectivity index (χ3v) is 7.22. The number of carbonyl (C=O) groups is 2. The van der Waals surface area contributed by atoms with Gasteiger partial charge in [0.15, 0.2) is 0 Å². The number of halogens is 1. The minimum absolute atomic E-state index is 0.0658. The molecule has 3 aromatic rings. The quantitative estimate of drug-likeness (QED) is 0.498. The minimum atomic E-state index is -0.530. The largest absolute Gasteiger partial charge is 0.444 e. The van der Waals surface area contributed by atoms with Crippen LogP contribution in [0.4, 0.5) is 20.6 Å². The minimum Gasteiger partial charge on any atom is -0.444 e. The van der Waals surface area contributed by atoms with E-state index >= 15 is 0 Å². The number of benzene rings is 2. The Bertz CT molecular complexity index is 1440. The van der Waals surface area contributed by atoms with Crippen molar-refractivity contribution in [3.63, 3.8) is 0 Å². The summed E-state index contributed by atoms with van der Waals surface area (Å²) in [6, 6.07) is 13.4. The molecular weight excluding hydrogens is 499 g/mol. The number of carbonyl (C=O) groups excluding carboxylic acids is 2. The number of ether oxygens (including phenoxy) is 1. The highest BCUT2D eigenvalue weighted by atomic mass is 19.1. The zero-order chi connectivity index (χ0) is 27.7. The van der Waals surface area contributed by atoms with Crippen molar-refractivity contribution < 1.29 is 18.7 Å². The van der Waals surface area contributed by atoms with Crippen LogP contribution in [0.3, 0.4) is 0 Å². The fraction of sp³-hybridized carbons (Fsp3) is 0.367. The monoisotopic (exact) mass is 532 g/mol. The Kier molecular flexibility index (Phi) is 7.16. The standard InChI is InChI=1S/C30H33FN4O4/c1-30(2,3)39-29(38)35-17-15-34(16-18-35)25-6-4-5-21-22(11-12-23(21)25)24-13-14-32-27(36)26(24)28(37)33-20-9-7-19(31)8-10-20/h4-10,13-14,22H,11-12,15-18H2,1-3H3,(H,32,36)(H,33,37). The first-order valence-corrected chi connectivity index (χ1v) is 13.2. The second-order valence-corrected chi connectivity index (χ2v) is 11.0. The van der Waals surface area contributed by atoms with Crippen molar-refractivity contribution in [2.24, 2.45) is 0 Å². The van der Waals surface area contributed by atoms with E-state index in [1.807, 2.05) is 26.8 Å². The molecule has 1 aromatic heterocycles. The van der Waals surface area contributed by atoms with E-state index in [0.717, 1.165) is 24.1 Å². The summed E-state index contributed by atoms with van der Waals surface area (Å²) in [6.45, 7) is 8.12. The number of rotatable bonds is 4. The summed E-state index contributed by atoms with van der Waals surface area (Å²) < 4.78 is 18.8. The molecule has 39 heavy (non-hydrogen) atoms. The van der Waals surface area contributed by atoms with Crippen molar-refractivity contribution in [2.75, 3.05) is 36.4 Å². The highest BCUT2D eigenvalue weighted by molar-refractivity contribution is 6.05. The molecule has 204 valence electrons. The molecule has 0 saturated carbocycles. The number of anilines is 2. The number of nitrogens with one attached hydrogen (secondary N) is 2. The molecule has 0 bridgehead atoms. The van der Waals surface area contributed by atoms with Crippen LogP contribution in [0.5, 0.6) is 0 Å². The molecule has 8 nitrogen and oxygen atoms in total. The fourth-order valence-electron chi connectivity index (χ4n) is 5.46. The molecule has 2 heterocycles. The second kappa shape index (κ2) is 10.6. The molecule has 2 N–H and O–H groups in total. The van der Waals surface area contributed by atoms with Gasteiger partial charge in [-0.05, 0) is 86.7 Å². The van der Waals surface area contributed by atoms with Crippen LogP contribution in [0, 0.1) is 5.82 Å². The average Bonchev–Trinajstić information content (AvgIpc) is 3.33. The van der Waals surface area contributed by atoms with Crippen molar-refractivity contribution in [3.05, 3.63) is 93.2 Å². The maximum absolute atomic E-state index is 13.3. The van der Waals surface area contributed by atoms with Gasteiger partial charge in [0.2, 0.25) is 0 Å². The predicted molar refractivity (Wildman–Crippen MR) is 148 cm³/mol. The highest BCUT2D eigenvalue weighted by Crippen LogP contribution is 2.43. The van der Waals surface area contributed by atoms with Crippen LogP contribution in [0.15, 0.2) is 59.5 Å². The Morgan fingerprint density at radius 3 is 2.41 bits per heavy atom. The van der Waals surface area contributed by atoms with E-state index in [1.54, 1.807) is 17.2 Å². The Hall–Kier alpha value is -4.14. The number of piperazine rings is 1. The van der Waals surface area contributed by atoms with E-state index in [2.05, 4.69) is 27.3 Å². The van der Waals surface area contributed by atoms with E-state index < -0.39 is 22.9 Å². The van der Waals surface area contributed by atoms with Crippen LogP contribution in [0.2, 0.25) is 0 Å². The van der Waals surface area contributed by atoms with Gasteiger partial charge in [0.05, 0.1) is 0 Å². The molecule has 1 saturated heterocycles. The van der Waals surface area contributed by atoms with Gasteiger partial charge in [-0.3, -0.25) is 9.59 Å². The molecule has 9 heteroatoms. The Balaban J connectivity index is 1.37. The van der Waals surface area contributed by atoms with E-state index in [0.29, 0.717) is 37.4 Å². The topological polar surface area (TPSA) is 94.7 Å². The van der Waals surface area contributed by atoms with E-state index in [1.165, 1.54) is 29.8 Å². The summed E-state index contributed by atoms with van der Waals surface area (Å²) in [4.78, 5) is 45.2. The van der Waals surface area contributed by atoms with Crippen molar-refractivity contribution in [1.29, 1.82) is 0 Å². The molecule has 0 radical (unpaired) electrons. The number of pyridine rings is 1. The predicted octanol–water partition coefficient (Wildman–Crippen LogP) is 4.90. The second-order valence-electron chi connectivity index (χ2n) is 11.0. The molecule has 2 aromatic carbocycles. The first-order valence-electron chi connectivity index (χ1n) is 13.2. The first-order chi connectivity index (χ1) is 18.6. The molecule has 1 aliphatic heterocycles. The van der Waals surface area contributed by atoms with Crippen molar-refractivity contribution in [3.8, 4) is 0 Å². The molecule has 1 aliphatic carbocycles. The molecule has 1 fully saturated rings. The molecular formula is C30H33FN4O4. The first kappa shape index (κ1) is 26.5. The number of amides is 2. The van der Waals surface area contributed by atoms with Crippen LogP contribution < -0.4 is 15.8 Å². The fourth-order valence-corrected chi connectivity index (χ4v) is 5.46. The van der Waals surface area contributed by atoms with Crippen LogP contribution in [-0.4, -0.2) is 53.7 Å². The van der Waals surface area contributed by atoms with Gasteiger partial charge in [-0.1, -0.05) is 12.1 Å². The third-order valence-electron chi connectivity index (χ3n) is 7.22. The lowest BCUT2D eigenvalue weighted by Gasteiger charge is -2.37. The number of nitrogens with zero attached hydrogens (tertiary/aromatic N) is 2. The summed E-state index contributed by atoms with van der Waals surface area (Å²) >= 11 is 0. The van der Waals surface area contributed by atoms with Gasteiger partial charge in [-0.25, -0.2) is 9.18 Å². The smallest absolute Gasteiger partial charge is 0.410 e. The lowest BCUT2D eigenvalue weighted by molar-refractivity contribution is 0.0240. The number of H-pyrrole nitrogens is 1. The van der Waals surface area contributed by atoms with Gasteiger partial charge in [0, 0.05) is 49.7 Å². The molecule has 2 aliphatic rings. The SMILES string of the molecule is CC(C)(C)OC(=O)N1CCN(c2cccc3c2CCC3c2cc[nH]c(=O)c2C(=O)Nc2ccc(F)cc2)CC1. The summed E-state index contributed by atoms with van der Waals surface area (Å²) in [5.74, 6) is -1.04. The average molecular weight is 533 g/mol. The highest BCUT2D eigenvalue weighted by Gasteiger charge is 2.33. The lowest BCUT2D eigenvalue weighted by Crippen LogP contribution is -2.50. The van der Waals surface area contributed by atoms with Crippen molar-refractivity contribution in [1.82, 2.24) is 9.88 Å². The normalized spacial score (nSPS) is 17.1. The van der Waals surface area contributed by atoms with Gasteiger partial charge in [-0.15, -0.1) is 0 Å². The van der Waals surface area contributed by atoms with Crippen molar-refractivity contribution in [2.45, 2.75) is 45.1 Å². The lowest BCUT2D eigenvalue weighted by atomic mass is 9.89. The Morgan fingerprint density at radius 1 is 1.00 bits per heavy atom. The third kappa shape index (κ3) is 5.67. The number of hydrogen-bond acceptors (Lipinski definition) is 5. The number of aromatic amines is 1. The molecule has 0 spiro atoms. The molecule has 1 unspecified atom stereocenters. The van der Waals surface area contributed by atoms with E-state index in [-0.39, 0.29) is 17.6 Å². The molecule has 5 rings (SSSR count). The van der Waals surface area contributed by atoms with Crippen LogP contribution in [0.25, 0.3) is 0 Å². The summed E-state index contributed by atoms with van der Waals surface area (Å²) in [7, 11) is 0. The number of hydrogen-bond donors (Lipinski definition) is 2. The summed E-state index contributed by atoms with van der Waals surface area (Å²) in [6.07, 6.45) is 2.87. The summed E-state index contributed by atoms with van der Waals surface area (Å²) in [5, 5.41) is 2.73. The number of fused-ring (bicyclic) bond motifs is 1. The van der Waals surface area contributed by atoms with Gasteiger partial charge < -0.3 is 24.8 Å². The number of aromatic nitrogens is 1. The van der Waals surface area contributed by atoms with Gasteiger partial charge in [-0.2, -0.15) is 0 Å². The van der Waals surface area contributed by atoms with Gasteiger partial charge in [0.25, 0.3) is 11.5 Å².